The van der Waals surface area contributed by atoms with Crippen LogP contribution in [0, 0.1) is 0 Å². The van der Waals surface area contributed by atoms with Gasteiger partial charge in [-0.3, -0.25) is 4.79 Å². The quantitative estimate of drug-likeness (QED) is 0.438. The Labute approximate surface area is 155 Å². The largest absolute Gasteiger partial charge is 0.454 e. The van der Waals surface area contributed by atoms with Gasteiger partial charge in [-0.1, -0.05) is 59.2 Å². The summed E-state index contributed by atoms with van der Waals surface area (Å²) in [5.74, 6) is -1.92. The average molecular weight is 401 g/mol. The molecule has 0 heterocycles. The summed E-state index contributed by atoms with van der Waals surface area (Å²) in [4.78, 5) is 12.8. The van der Waals surface area contributed by atoms with E-state index in [0.717, 1.165) is 17.8 Å². The van der Waals surface area contributed by atoms with Crippen LogP contribution in [0.5, 0.6) is 0 Å². The van der Waals surface area contributed by atoms with Crippen molar-refractivity contribution in [3.63, 3.8) is 0 Å². The van der Waals surface area contributed by atoms with Gasteiger partial charge >= 0.3 is 6.18 Å². The second-order valence-corrected chi connectivity index (χ2v) is 7.09. The Balaban J connectivity index is 2.23. The van der Waals surface area contributed by atoms with Gasteiger partial charge in [-0.15, -0.1) is 0 Å². The van der Waals surface area contributed by atoms with Crippen molar-refractivity contribution < 1.29 is 18.0 Å². The minimum Gasteiger partial charge on any atom is -0.284 e. The van der Waals surface area contributed by atoms with Gasteiger partial charge in [0.25, 0.3) is 5.78 Å². The van der Waals surface area contributed by atoms with Crippen molar-refractivity contribution in [1.82, 2.24) is 0 Å². The molecule has 0 aromatic heterocycles. The number of hydrogen-bond donors (Lipinski definition) is 0. The summed E-state index contributed by atoms with van der Waals surface area (Å²) < 4.78 is 39.1. The topological polar surface area (TPSA) is 17.1 Å². The van der Waals surface area contributed by atoms with E-state index < -0.39 is 17.5 Å². The molecule has 0 fully saturated rings. The Morgan fingerprint density at radius 3 is 2.12 bits per heavy atom. The normalized spacial score (nSPS) is 11.7. The fraction of sp³-hybridized carbons (Fsp3) is 0.0556. The summed E-state index contributed by atoms with van der Waals surface area (Å²) in [6.45, 7) is 0. The van der Waals surface area contributed by atoms with Gasteiger partial charge in [0.2, 0.25) is 0 Å². The minimum atomic E-state index is -4.99. The maximum atomic E-state index is 13.0. The number of carbonyl (C=O) groups excluding carboxylic acids is 1. The van der Waals surface area contributed by atoms with Crippen LogP contribution in [0.25, 0.3) is 10.8 Å². The summed E-state index contributed by atoms with van der Waals surface area (Å²) in [6, 6.07) is 14.5. The van der Waals surface area contributed by atoms with E-state index in [4.69, 9.17) is 23.2 Å². The number of alkyl halides is 3. The first-order valence-corrected chi connectivity index (χ1v) is 8.61. The molecule has 3 aromatic rings. The summed E-state index contributed by atoms with van der Waals surface area (Å²) in [7, 11) is 0. The maximum Gasteiger partial charge on any atom is 0.454 e. The Bertz CT molecular complexity index is 953. The van der Waals surface area contributed by atoms with Crippen molar-refractivity contribution in [2.75, 3.05) is 0 Å². The number of benzene rings is 3. The van der Waals surface area contributed by atoms with Crippen LogP contribution in [0.3, 0.4) is 0 Å². The van der Waals surface area contributed by atoms with Gasteiger partial charge in [-0.05, 0) is 35.7 Å². The van der Waals surface area contributed by atoms with E-state index in [1.165, 1.54) is 0 Å². The van der Waals surface area contributed by atoms with Crippen LogP contribution in [0.4, 0.5) is 13.2 Å². The van der Waals surface area contributed by atoms with Crippen molar-refractivity contribution in [3.05, 3.63) is 70.2 Å². The van der Waals surface area contributed by atoms with E-state index in [0.29, 0.717) is 20.7 Å². The standard InChI is InChI=1S/C18H9Cl2F3OS/c19-10-5-7-11(8-6-10)25-16-13-4-2-1-3-12(13)15(20)9-14(16)17(24)18(21,22)23/h1-9H. The van der Waals surface area contributed by atoms with Gasteiger partial charge in [0.15, 0.2) is 0 Å². The molecule has 0 amide bonds. The third-order valence-corrected chi connectivity index (χ3v) is 5.20. The van der Waals surface area contributed by atoms with E-state index in [2.05, 4.69) is 0 Å². The first kappa shape index (κ1) is 18.1. The summed E-state index contributed by atoms with van der Waals surface area (Å²) in [6.07, 6.45) is -4.99. The van der Waals surface area contributed by atoms with Crippen LogP contribution in [0.1, 0.15) is 10.4 Å². The molecular weight excluding hydrogens is 392 g/mol. The van der Waals surface area contributed by atoms with Crippen LogP contribution in [0.2, 0.25) is 10.0 Å². The van der Waals surface area contributed by atoms with Crippen molar-refractivity contribution in [2.45, 2.75) is 16.0 Å². The van der Waals surface area contributed by atoms with Crippen molar-refractivity contribution in [3.8, 4) is 0 Å². The third kappa shape index (κ3) is 3.78. The highest BCUT2D eigenvalue weighted by atomic mass is 35.5. The lowest BCUT2D eigenvalue weighted by molar-refractivity contribution is -0.0886. The van der Waals surface area contributed by atoms with Gasteiger partial charge in [-0.25, -0.2) is 0 Å². The van der Waals surface area contributed by atoms with Crippen LogP contribution in [0.15, 0.2) is 64.4 Å². The van der Waals surface area contributed by atoms with Gasteiger partial charge in [-0.2, -0.15) is 13.2 Å². The highest BCUT2D eigenvalue weighted by molar-refractivity contribution is 7.99. The predicted octanol–water partition coefficient (Wildman–Crippen LogP) is 7.04. The van der Waals surface area contributed by atoms with Gasteiger partial charge < -0.3 is 0 Å². The predicted molar refractivity (Wildman–Crippen MR) is 94.9 cm³/mol. The number of hydrogen-bond acceptors (Lipinski definition) is 2. The molecule has 0 unspecified atom stereocenters. The smallest absolute Gasteiger partial charge is 0.284 e. The van der Waals surface area contributed by atoms with E-state index in [-0.39, 0.29) is 9.92 Å². The van der Waals surface area contributed by atoms with Crippen LogP contribution in [-0.2, 0) is 0 Å². The minimum absolute atomic E-state index is 0.101. The number of ketones is 1. The van der Waals surface area contributed by atoms with Gasteiger partial charge in [0.1, 0.15) is 0 Å². The third-order valence-electron chi connectivity index (χ3n) is 3.48. The number of halogens is 5. The summed E-state index contributed by atoms with van der Waals surface area (Å²) in [5, 5.41) is 1.68. The Hall–Kier alpha value is -1.69. The lowest BCUT2D eigenvalue weighted by atomic mass is 10.0. The monoisotopic (exact) mass is 400 g/mol. The van der Waals surface area contributed by atoms with Crippen molar-refractivity contribution in [1.29, 1.82) is 0 Å². The zero-order valence-corrected chi connectivity index (χ0v) is 14.7. The molecule has 25 heavy (non-hydrogen) atoms. The Morgan fingerprint density at radius 1 is 0.920 bits per heavy atom. The van der Waals surface area contributed by atoms with Gasteiger partial charge in [0, 0.05) is 30.8 Å². The second-order valence-electron chi connectivity index (χ2n) is 5.16. The Kier molecular flexibility index (Phi) is 5.00. The molecule has 0 N–H and O–H groups in total. The van der Waals surface area contributed by atoms with Crippen molar-refractivity contribution >= 4 is 51.5 Å². The van der Waals surface area contributed by atoms with E-state index in [9.17, 15) is 18.0 Å². The summed E-state index contributed by atoms with van der Waals surface area (Å²) in [5.41, 5.74) is -0.462. The highest BCUT2D eigenvalue weighted by Crippen LogP contribution is 2.41. The number of Topliss-reactive ketones (excluding diaryl/α,β-unsaturated/α-hetero) is 1. The number of carbonyl (C=O) groups is 1. The second kappa shape index (κ2) is 6.90. The zero-order chi connectivity index (χ0) is 18.2. The Morgan fingerprint density at radius 2 is 1.52 bits per heavy atom. The zero-order valence-electron chi connectivity index (χ0n) is 12.4. The molecule has 128 valence electrons. The van der Waals surface area contributed by atoms with E-state index in [1.54, 1.807) is 48.5 Å². The van der Waals surface area contributed by atoms with Crippen LogP contribution in [-0.4, -0.2) is 12.0 Å². The molecule has 0 aliphatic heterocycles. The fourth-order valence-electron chi connectivity index (χ4n) is 2.36. The van der Waals surface area contributed by atoms with Gasteiger partial charge in [0.05, 0.1) is 0 Å². The van der Waals surface area contributed by atoms with Crippen LogP contribution >= 0.6 is 35.0 Å². The lowest BCUT2D eigenvalue weighted by Crippen LogP contribution is -2.23. The average Bonchev–Trinajstić information content (AvgIpc) is 2.57. The number of fused-ring (bicyclic) bond motifs is 1. The summed E-state index contributed by atoms with van der Waals surface area (Å²) >= 11 is 13.0. The van der Waals surface area contributed by atoms with Crippen molar-refractivity contribution in [2.24, 2.45) is 0 Å². The SMILES string of the molecule is O=C(c1cc(Cl)c2ccccc2c1Sc1ccc(Cl)cc1)C(F)(F)F. The molecule has 0 atom stereocenters. The molecule has 3 aromatic carbocycles. The molecule has 0 aliphatic rings. The van der Waals surface area contributed by atoms with E-state index in [1.807, 2.05) is 0 Å². The molecule has 0 saturated carbocycles. The first-order valence-electron chi connectivity index (χ1n) is 7.03. The van der Waals surface area contributed by atoms with Crippen LogP contribution < -0.4 is 0 Å². The molecule has 7 heteroatoms. The number of rotatable bonds is 3. The molecular formula is C18H9Cl2F3OS. The molecule has 0 radical (unpaired) electrons. The highest BCUT2D eigenvalue weighted by Gasteiger charge is 2.41. The first-order chi connectivity index (χ1) is 11.8. The molecule has 1 nitrogen and oxygen atoms in total. The lowest BCUT2D eigenvalue weighted by Gasteiger charge is -2.15. The van der Waals surface area contributed by atoms with E-state index >= 15 is 0 Å². The maximum absolute atomic E-state index is 13.0. The fourth-order valence-corrected chi connectivity index (χ4v) is 3.81. The molecule has 0 aliphatic carbocycles. The molecule has 0 saturated heterocycles. The molecule has 0 bridgehead atoms. The molecule has 3 rings (SSSR count). The molecule has 0 spiro atoms.